The third-order valence-electron chi connectivity index (χ3n) is 1.76. The number of carboxylic acids is 1. The average Bonchev–Trinajstić information content (AvgIpc) is 2.09. The van der Waals surface area contributed by atoms with E-state index in [1.165, 1.54) is 12.1 Å². The summed E-state index contributed by atoms with van der Waals surface area (Å²) >= 11 is 1.81. The standard InChI is InChI=1S/C8H7IN2O4/c9-6-1-4(3-11(14)15)7(10)2-5(6)8(12)13/h1-2H,3,10H2,(H,12,13). The minimum atomic E-state index is -1.10. The summed E-state index contributed by atoms with van der Waals surface area (Å²) in [7, 11) is 0. The Labute approximate surface area is 98.4 Å². The van der Waals surface area contributed by atoms with Gasteiger partial charge in [0.25, 0.3) is 0 Å². The maximum atomic E-state index is 10.7. The quantitative estimate of drug-likeness (QED) is 0.378. The molecule has 0 radical (unpaired) electrons. The summed E-state index contributed by atoms with van der Waals surface area (Å²) < 4.78 is 0.436. The second-order valence-electron chi connectivity index (χ2n) is 2.83. The van der Waals surface area contributed by atoms with E-state index in [1.807, 2.05) is 0 Å². The van der Waals surface area contributed by atoms with Gasteiger partial charge in [-0.1, -0.05) is 0 Å². The molecule has 0 aromatic heterocycles. The third kappa shape index (κ3) is 2.78. The Kier molecular flexibility index (Phi) is 3.45. The number of rotatable bonds is 3. The molecule has 0 spiro atoms. The van der Waals surface area contributed by atoms with Crippen molar-refractivity contribution in [1.29, 1.82) is 0 Å². The van der Waals surface area contributed by atoms with E-state index in [1.54, 1.807) is 22.6 Å². The van der Waals surface area contributed by atoms with E-state index >= 15 is 0 Å². The number of hydrogen-bond acceptors (Lipinski definition) is 4. The summed E-state index contributed by atoms with van der Waals surface area (Å²) in [5.41, 5.74) is 6.02. The zero-order valence-electron chi connectivity index (χ0n) is 7.44. The summed E-state index contributed by atoms with van der Waals surface area (Å²) in [6.07, 6.45) is 0. The van der Waals surface area contributed by atoms with Crippen molar-refractivity contribution in [1.82, 2.24) is 0 Å². The largest absolute Gasteiger partial charge is 0.478 e. The van der Waals surface area contributed by atoms with Crippen LogP contribution in [0.3, 0.4) is 0 Å². The molecule has 0 heterocycles. The summed E-state index contributed by atoms with van der Waals surface area (Å²) in [6.45, 7) is -0.401. The van der Waals surface area contributed by atoms with Crippen molar-refractivity contribution in [2.75, 3.05) is 5.73 Å². The molecule has 80 valence electrons. The second kappa shape index (κ2) is 4.43. The summed E-state index contributed by atoms with van der Waals surface area (Å²) in [4.78, 5) is 20.5. The molecule has 0 aliphatic rings. The number of nitro groups is 1. The highest BCUT2D eigenvalue weighted by Gasteiger charge is 2.14. The van der Waals surface area contributed by atoms with Crippen molar-refractivity contribution < 1.29 is 14.8 Å². The molecule has 0 saturated heterocycles. The Bertz CT molecular complexity index is 433. The van der Waals surface area contributed by atoms with Gasteiger partial charge in [-0.15, -0.1) is 0 Å². The number of aromatic carboxylic acids is 1. The van der Waals surface area contributed by atoms with Crippen LogP contribution in [-0.2, 0) is 6.54 Å². The van der Waals surface area contributed by atoms with Gasteiger partial charge < -0.3 is 10.8 Å². The van der Waals surface area contributed by atoms with E-state index in [0.29, 0.717) is 9.13 Å². The minimum absolute atomic E-state index is 0.0557. The highest BCUT2D eigenvalue weighted by atomic mass is 127. The highest BCUT2D eigenvalue weighted by Crippen LogP contribution is 2.21. The lowest BCUT2D eigenvalue weighted by Gasteiger charge is -2.05. The lowest BCUT2D eigenvalue weighted by Crippen LogP contribution is -2.07. The fourth-order valence-electron chi connectivity index (χ4n) is 1.07. The molecule has 0 atom stereocenters. The van der Waals surface area contributed by atoms with Gasteiger partial charge in [-0.25, -0.2) is 4.79 Å². The van der Waals surface area contributed by atoms with Gasteiger partial charge in [-0.2, -0.15) is 0 Å². The van der Waals surface area contributed by atoms with Crippen molar-refractivity contribution in [3.63, 3.8) is 0 Å². The van der Waals surface area contributed by atoms with E-state index < -0.39 is 17.4 Å². The van der Waals surface area contributed by atoms with Gasteiger partial charge in [0.05, 0.1) is 5.56 Å². The smallest absolute Gasteiger partial charge is 0.336 e. The van der Waals surface area contributed by atoms with Gasteiger partial charge in [0.2, 0.25) is 6.54 Å². The van der Waals surface area contributed by atoms with Gasteiger partial charge in [0.1, 0.15) is 0 Å². The molecule has 3 N–H and O–H groups in total. The number of nitrogens with zero attached hydrogens (tertiary/aromatic N) is 1. The maximum Gasteiger partial charge on any atom is 0.336 e. The Morgan fingerprint density at radius 3 is 2.67 bits per heavy atom. The molecule has 0 bridgehead atoms. The molecule has 0 saturated carbocycles. The number of carbonyl (C=O) groups is 1. The zero-order valence-corrected chi connectivity index (χ0v) is 9.59. The minimum Gasteiger partial charge on any atom is -0.478 e. The monoisotopic (exact) mass is 322 g/mol. The van der Waals surface area contributed by atoms with Crippen LogP contribution in [0, 0.1) is 13.7 Å². The number of nitrogens with two attached hydrogens (primary N) is 1. The predicted octanol–water partition coefficient (Wildman–Crippen LogP) is 1.35. The van der Waals surface area contributed by atoms with E-state index in [2.05, 4.69) is 0 Å². The second-order valence-corrected chi connectivity index (χ2v) is 3.99. The normalized spacial score (nSPS) is 9.93. The van der Waals surface area contributed by atoms with Crippen LogP contribution in [0.1, 0.15) is 15.9 Å². The fourth-order valence-corrected chi connectivity index (χ4v) is 1.83. The molecule has 0 amide bonds. The van der Waals surface area contributed by atoms with Crippen molar-refractivity contribution >= 4 is 34.2 Å². The number of anilines is 1. The highest BCUT2D eigenvalue weighted by molar-refractivity contribution is 14.1. The van der Waals surface area contributed by atoms with Crippen LogP contribution in [0.2, 0.25) is 0 Å². The number of hydrogen-bond donors (Lipinski definition) is 2. The van der Waals surface area contributed by atoms with Gasteiger partial charge in [-0.05, 0) is 34.7 Å². The molecule has 0 unspecified atom stereocenters. The lowest BCUT2D eigenvalue weighted by molar-refractivity contribution is -0.496. The first kappa shape index (κ1) is 11.7. The number of benzene rings is 1. The van der Waals surface area contributed by atoms with Crippen molar-refractivity contribution in [2.45, 2.75) is 6.54 Å². The van der Waals surface area contributed by atoms with Crippen molar-refractivity contribution in [3.05, 3.63) is 36.9 Å². The summed E-state index contributed by atoms with van der Waals surface area (Å²) in [6, 6.07) is 2.66. The number of carboxylic acid groups (broad SMARTS) is 1. The first-order chi connectivity index (χ1) is 6.91. The SMILES string of the molecule is Nc1cc(C(=O)O)c(I)cc1C[N+](=O)[O-]. The molecule has 6 nitrogen and oxygen atoms in total. The van der Waals surface area contributed by atoms with Crippen LogP contribution >= 0.6 is 22.6 Å². The van der Waals surface area contributed by atoms with E-state index in [9.17, 15) is 14.9 Å². The zero-order chi connectivity index (χ0) is 11.6. The van der Waals surface area contributed by atoms with Crippen molar-refractivity contribution in [2.24, 2.45) is 0 Å². The van der Waals surface area contributed by atoms with Gasteiger partial charge in [-0.3, -0.25) is 10.1 Å². The van der Waals surface area contributed by atoms with Crippen LogP contribution in [0.4, 0.5) is 5.69 Å². The van der Waals surface area contributed by atoms with Crippen LogP contribution in [0.5, 0.6) is 0 Å². The Morgan fingerprint density at radius 1 is 1.60 bits per heavy atom. The van der Waals surface area contributed by atoms with E-state index in [-0.39, 0.29) is 11.3 Å². The topological polar surface area (TPSA) is 106 Å². The first-order valence-electron chi connectivity index (χ1n) is 3.85. The molecule has 1 aromatic rings. The van der Waals surface area contributed by atoms with Crippen molar-refractivity contribution in [3.8, 4) is 0 Å². The Hall–Kier alpha value is -1.38. The molecule has 0 aliphatic heterocycles. The molecule has 0 aliphatic carbocycles. The van der Waals surface area contributed by atoms with E-state index in [4.69, 9.17) is 10.8 Å². The molecule has 0 fully saturated rings. The maximum absolute atomic E-state index is 10.7. The Balaban J connectivity index is 3.19. The lowest BCUT2D eigenvalue weighted by atomic mass is 10.1. The molecular weight excluding hydrogens is 315 g/mol. The van der Waals surface area contributed by atoms with Crippen LogP contribution in [-0.4, -0.2) is 16.0 Å². The fraction of sp³-hybridized carbons (Fsp3) is 0.125. The van der Waals surface area contributed by atoms with Gasteiger partial charge in [0, 0.05) is 19.7 Å². The molecule has 7 heteroatoms. The number of nitrogen functional groups attached to an aromatic ring is 1. The van der Waals surface area contributed by atoms with Gasteiger partial charge >= 0.3 is 5.97 Å². The molecular formula is C8H7IN2O4. The van der Waals surface area contributed by atoms with Crippen LogP contribution in [0.25, 0.3) is 0 Å². The molecule has 1 aromatic carbocycles. The molecule has 1 rings (SSSR count). The number of halogens is 1. The average molecular weight is 322 g/mol. The summed E-state index contributed by atoms with van der Waals surface area (Å²) in [5.74, 6) is -1.10. The summed E-state index contributed by atoms with van der Waals surface area (Å²) in [5, 5.41) is 19.1. The van der Waals surface area contributed by atoms with Gasteiger partial charge in [0.15, 0.2) is 0 Å². The Morgan fingerprint density at radius 2 is 2.20 bits per heavy atom. The third-order valence-corrected chi connectivity index (χ3v) is 2.65. The first-order valence-corrected chi connectivity index (χ1v) is 4.92. The van der Waals surface area contributed by atoms with Crippen LogP contribution < -0.4 is 5.73 Å². The predicted molar refractivity (Wildman–Crippen MR) is 61.2 cm³/mol. The van der Waals surface area contributed by atoms with E-state index in [0.717, 1.165) is 0 Å². The van der Waals surface area contributed by atoms with Crippen LogP contribution in [0.15, 0.2) is 12.1 Å². The molecule has 15 heavy (non-hydrogen) atoms.